The van der Waals surface area contributed by atoms with E-state index in [0.717, 1.165) is 0 Å². The van der Waals surface area contributed by atoms with Gasteiger partial charge in [-0.1, -0.05) is 30.3 Å². The highest BCUT2D eigenvalue weighted by Gasteiger charge is 2.37. The number of carboxylic acid groups (broad SMARTS) is 1. The Balaban J connectivity index is 2.07. The fourth-order valence-corrected chi connectivity index (χ4v) is 2.72. The topological polar surface area (TPSA) is 92.7 Å². The van der Waals surface area contributed by atoms with Gasteiger partial charge in [-0.3, -0.25) is 9.59 Å². The van der Waals surface area contributed by atoms with Crippen molar-refractivity contribution in [3.8, 4) is 0 Å². The monoisotopic (exact) mass is 477 g/mol. The molecule has 0 unspecified atom stereocenters. The Morgan fingerprint density at radius 1 is 0.879 bits per heavy atom. The number of halogens is 6. The first kappa shape index (κ1) is 25.7. The summed E-state index contributed by atoms with van der Waals surface area (Å²) in [6, 6.07) is 7.21. The van der Waals surface area contributed by atoms with Gasteiger partial charge in [0.1, 0.15) is 12.6 Å². The van der Waals surface area contributed by atoms with Crippen molar-refractivity contribution in [2.75, 3.05) is 0 Å². The Morgan fingerprint density at radius 3 is 1.91 bits per heavy atom. The highest BCUT2D eigenvalue weighted by molar-refractivity contribution is 5.88. The van der Waals surface area contributed by atoms with Crippen LogP contribution in [0.2, 0.25) is 0 Å². The van der Waals surface area contributed by atoms with Crippen molar-refractivity contribution in [3.63, 3.8) is 0 Å². The van der Waals surface area contributed by atoms with E-state index in [1.165, 1.54) is 0 Å². The Bertz CT molecular complexity index is 972. The molecule has 2 aromatic rings. The van der Waals surface area contributed by atoms with Gasteiger partial charge >= 0.3 is 24.3 Å². The molecule has 0 aliphatic rings. The molecule has 0 saturated heterocycles. The van der Waals surface area contributed by atoms with Crippen LogP contribution in [0.25, 0.3) is 0 Å². The number of aliphatic carboxylic acids is 1. The number of carbonyl (C=O) groups excluding carboxylic acids is 2. The molecule has 0 radical (unpaired) electrons. The second-order valence-corrected chi connectivity index (χ2v) is 6.90. The minimum Gasteiger partial charge on any atom is -0.480 e. The first-order valence-electron chi connectivity index (χ1n) is 9.26. The molecule has 0 saturated carbocycles. The van der Waals surface area contributed by atoms with Crippen molar-refractivity contribution < 1.29 is 50.6 Å². The fraction of sp³-hybridized carbons (Fsp3) is 0.286. The molecular formula is C21H17F6NO5. The number of ether oxygens (including phenoxy) is 1. The van der Waals surface area contributed by atoms with E-state index in [1.54, 1.807) is 30.3 Å². The molecule has 12 heteroatoms. The average Bonchev–Trinajstić information content (AvgIpc) is 2.71. The van der Waals surface area contributed by atoms with Gasteiger partial charge in [-0.05, 0) is 29.3 Å². The number of benzene rings is 2. The Hall–Kier alpha value is -3.57. The van der Waals surface area contributed by atoms with Gasteiger partial charge in [0.25, 0.3) is 0 Å². The van der Waals surface area contributed by atoms with Crippen molar-refractivity contribution in [1.29, 1.82) is 0 Å². The maximum atomic E-state index is 12.9. The number of alkyl halides is 6. The molecule has 0 aromatic heterocycles. The molecule has 2 N–H and O–H groups in total. The molecule has 2 aromatic carbocycles. The van der Waals surface area contributed by atoms with Crippen LogP contribution in [0, 0.1) is 0 Å². The molecular weight excluding hydrogens is 460 g/mol. The van der Waals surface area contributed by atoms with Crippen LogP contribution in [0.5, 0.6) is 0 Å². The predicted molar refractivity (Wildman–Crippen MR) is 101 cm³/mol. The second-order valence-electron chi connectivity index (χ2n) is 6.90. The molecule has 0 fully saturated rings. The van der Waals surface area contributed by atoms with Gasteiger partial charge in [0.05, 0.1) is 24.0 Å². The normalized spacial score (nSPS) is 12.7. The smallest absolute Gasteiger partial charge is 0.416 e. The van der Waals surface area contributed by atoms with Crippen molar-refractivity contribution in [2.45, 2.75) is 37.8 Å². The zero-order chi connectivity index (χ0) is 24.8. The SMILES string of the molecule is O=C(Cc1cc(C(F)(F)F)cc(C(F)(F)F)c1)N[C@H](CC(=O)OCc1ccccc1)C(=O)O. The molecule has 178 valence electrons. The number of hydrogen-bond donors (Lipinski definition) is 2. The summed E-state index contributed by atoms with van der Waals surface area (Å²) in [5, 5.41) is 11.1. The summed E-state index contributed by atoms with van der Waals surface area (Å²) in [5.74, 6) is -3.81. The van der Waals surface area contributed by atoms with Crippen LogP contribution in [0.15, 0.2) is 48.5 Å². The van der Waals surface area contributed by atoms with Crippen LogP contribution in [-0.2, 0) is 44.5 Å². The molecule has 0 spiro atoms. The molecule has 0 aliphatic carbocycles. The lowest BCUT2D eigenvalue weighted by atomic mass is 10.0. The maximum absolute atomic E-state index is 12.9. The number of amides is 1. The van der Waals surface area contributed by atoms with Crippen LogP contribution < -0.4 is 5.32 Å². The molecule has 6 nitrogen and oxygen atoms in total. The first-order chi connectivity index (χ1) is 15.3. The van der Waals surface area contributed by atoms with Crippen molar-refractivity contribution >= 4 is 17.8 Å². The zero-order valence-electron chi connectivity index (χ0n) is 16.7. The highest BCUT2D eigenvalue weighted by Crippen LogP contribution is 2.36. The first-order valence-corrected chi connectivity index (χ1v) is 9.26. The second kappa shape index (κ2) is 10.4. The lowest BCUT2D eigenvalue weighted by molar-refractivity contribution is -0.151. The standard InChI is InChI=1S/C21H17F6NO5/c22-20(23,24)14-6-13(7-15(9-14)21(25,26)27)8-17(29)28-16(19(31)32)10-18(30)33-11-12-4-2-1-3-5-12/h1-7,9,16H,8,10-11H2,(H,28,29)(H,31,32)/t16-/m1/s1. The van der Waals surface area contributed by atoms with E-state index in [-0.39, 0.29) is 12.7 Å². The van der Waals surface area contributed by atoms with Gasteiger partial charge < -0.3 is 15.2 Å². The number of esters is 1. The summed E-state index contributed by atoms with van der Waals surface area (Å²) in [4.78, 5) is 35.4. The zero-order valence-corrected chi connectivity index (χ0v) is 16.7. The third-order valence-electron chi connectivity index (χ3n) is 4.26. The number of hydrogen-bond acceptors (Lipinski definition) is 4. The summed E-state index contributed by atoms with van der Waals surface area (Å²) in [6.45, 7) is -0.162. The quantitative estimate of drug-likeness (QED) is 0.444. The van der Waals surface area contributed by atoms with E-state index in [0.29, 0.717) is 17.7 Å². The lowest BCUT2D eigenvalue weighted by Gasteiger charge is -2.16. The number of carboxylic acids is 1. The van der Waals surface area contributed by atoms with Gasteiger partial charge in [0.15, 0.2) is 0 Å². The van der Waals surface area contributed by atoms with Crippen molar-refractivity contribution in [1.82, 2.24) is 5.32 Å². The van der Waals surface area contributed by atoms with Gasteiger partial charge in [0, 0.05) is 0 Å². The molecule has 33 heavy (non-hydrogen) atoms. The van der Waals surface area contributed by atoms with Gasteiger partial charge in [-0.15, -0.1) is 0 Å². The van der Waals surface area contributed by atoms with E-state index in [1.807, 2.05) is 5.32 Å². The third-order valence-corrected chi connectivity index (χ3v) is 4.26. The predicted octanol–water partition coefficient (Wildman–Crippen LogP) is 3.97. The van der Waals surface area contributed by atoms with E-state index >= 15 is 0 Å². The molecule has 0 heterocycles. The summed E-state index contributed by atoms with van der Waals surface area (Å²) < 4.78 is 82.5. The lowest BCUT2D eigenvalue weighted by Crippen LogP contribution is -2.43. The van der Waals surface area contributed by atoms with Crippen molar-refractivity contribution in [2.24, 2.45) is 0 Å². The number of carbonyl (C=O) groups is 3. The molecule has 0 bridgehead atoms. The summed E-state index contributed by atoms with van der Waals surface area (Å²) in [5.41, 5.74) is -3.24. The Kier molecular flexibility index (Phi) is 8.07. The Labute approximate surface area is 183 Å². The maximum Gasteiger partial charge on any atom is 0.416 e. The third kappa shape index (κ3) is 8.13. The van der Waals surface area contributed by atoms with E-state index in [9.17, 15) is 45.8 Å². The van der Waals surface area contributed by atoms with Crippen LogP contribution in [-0.4, -0.2) is 29.0 Å². The van der Waals surface area contributed by atoms with E-state index in [4.69, 9.17) is 4.74 Å². The molecule has 1 amide bonds. The van der Waals surface area contributed by atoms with Crippen LogP contribution >= 0.6 is 0 Å². The van der Waals surface area contributed by atoms with Crippen LogP contribution in [0.4, 0.5) is 26.3 Å². The van der Waals surface area contributed by atoms with Gasteiger partial charge in [-0.25, -0.2) is 4.79 Å². The van der Waals surface area contributed by atoms with Gasteiger partial charge in [-0.2, -0.15) is 26.3 Å². The van der Waals surface area contributed by atoms with E-state index < -0.39 is 65.8 Å². The van der Waals surface area contributed by atoms with Gasteiger partial charge in [0.2, 0.25) is 5.91 Å². The summed E-state index contributed by atoms with van der Waals surface area (Å²) in [7, 11) is 0. The average molecular weight is 477 g/mol. The minimum atomic E-state index is -5.10. The minimum absolute atomic E-state index is 0.0931. The Morgan fingerprint density at radius 2 is 1.42 bits per heavy atom. The van der Waals surface area contributed by atoms with Crippen molar-refractivity contribution in [3.05, 3.63) is 70.8 Å². The fourth-order valence-electron chi connectivity index (χ4n) is 2.72. The number of nitrogens with one attached hydrogen (secondary N) is 1. The molecule has 2 rings (SSSR count). The highest BCUT2D eigenvalue weighted by atomic mass is 19.4. The summed E-state index contributed by atoms with van der Waals surface area (Å²) in [6.07, 6.45) is -12.0. The number of rotatable bonds is 8. The van der Waals surface area contributed by atoms with E-state index in [2.05, 4.69) is 0 Å². The molecule has 1 atom stereocenters. The van der Waals surface area contributed by atoms with Crippen LogP contribution in [0.3, 0.4) is 0 Å². The van der Waals surface area contributed by atoms with Crippen LogP contribution in [0.1, 0.15) is 28.7 Å². The molecule has 0 aliphatic heterocycles. The largest absolute Gasteiger partial charge is 0.480 e. The summed E-state index contributed by atoms with van der Waals surface area (Å²) >= 11 is 0.